The van der Waals surface area contributed by atoms with Crippen molar-refractivity contribution in [1.29, 1.82) is 0 Å². The smallest absolute Gasteiger partial charge is 0.229 e. The first-order valence-corrected chi connectivity index (χ1v) is 9.53. The summed E-state index contributed by atoms with van der Waals surface area (Å²) in [5.74, 6) is 1.55. The average Bonchev–Trinajstić information content (AvgIpc) is 3.36. The Balaban J connectivity index is 1.57. The van der Waals surface area contributed by atoms with Crippen LogP contribution in [-0.2, 0) is 4.79 Å². The lowest BCUT2D eigenvalue weighted by Crippen LogP contribution is -2.44. The number of amides is 1. The van der Waals surface area contributed by atoms with E-state index in [4.69, 9.17) is 9.26 Å². The molecule has 1 aromatic heterocycles. The van der Waals surface area contributed by atoms with E-state index in [1.54, 1.807) is 7.11 Å². The molecule has 7 nitrogen and oxygen atoms in total. The van der Waals surface area contributed by atoms with Crippen LogP contribution in [0.2, 0.25) is 0 Å². The van der Waals surface area contributed by atoms with Gasteiger partial charge in [-0.05, 0) is 43.9 Å². The highest BCUT2D eigenvalue weighted by molar-refractivity contribution is 5.81. The maximum absolute atomic E-state index is 13.5. The number of nitrogens with zero attached hydrogens (tertiary/aromatic N) is 2. The molecule has 0 saturated carbocycles. The number of carbonyl (C=O) groups is 1. The number of nitrogens with one attached hydrogen (secondary N) is 2. The first kappa shape index (κ1) is 18.0. The first-order valence-electron chi connectivity index (χ1n) is 9.53. The number of ether oxygens (including phenoxy) is 1. The number of hydrazine groups is 1. The Morgan fingerprint density at radius 2 is 2.22 bits per heavy atom. The number of aromatic nitrogens is 1. The Morgan fingerprint density at radius 1 is 1.33 bits per heavy atom. The number of carbonyl (C=O) groups excluding carboxylic acids is 1. The largest absolute Gasteiger partial charge is 0.497 e. The number of hydrogen-bond donors (Lipinski definition) is 2. The lowest BCUT2D eigenvalue weighted by molar-refractivity contribution is -0.139. The molecule has 27 heavy (non-hydrogen) atoms. The number of rotatable bonds is 4. The summed E-state index contributed by atoms with van der Waals surface area (Å²) in [5, 5.41) is 4.18. The Kier molecular flexibility index (Phi) is 5.13. The molecule has 7 heteroatoms. The lowest BCUT2D eigenvalue weighted by atomic mass is 9.91. The van der Waals surface area contributed by atoms with E-state index in [0.717, 1.165) is 48.6 Å². The maximum atomic E-state index is 13.5. The average molecular weight is 370 g/mol. The molecular weight excluding hydrogens is 344 g/mol. The highest BCUT2D eigenvalue weighted by Gasteiger charge is 2.40. The van der Waals surface area contributed by atoms with Crippen molar-refractivity contribution >= 4 is 5.91 Å². The second-order valence-electron chi connectivity index (χ2n) is 7.29. The third kappa shape index (κ3) is 3.57. The third-order valence-electron chi connectivity index (χ3n) is 5.53. The minimum absolute atomic E-state index is 0.00439. The molecule has 0 spiro atoms. The van der Waals surface area contributed by atoms with Gasteiger partial charge in [-0.1, -0.05) is 17.3 Å². The molecule has 2 fully saturated rings. The zero-order chi connectivity index (χ0) is 18.8. The van der Waals surface area contributed by atoms with Gasteiger partial charge in [0.1, 0.15) is 17.2 Å². The van der Waals surface area contributed by atoms with Crippen LogP contribution in [0.3, 0.4) is 0 Å². The maximum Gasteiger partial charge on any atom is 0.229 e. The van der Waals surface area contributed by atoms with Gasteiger partial charge in [-0.25, -0.2) is 5.43 Å². The molecule has 2 aliphatic rings. The summed E-state index contributed by atoms with van der Waals surface area (Å²) in [6.07, 6.45) is 3.05. The Morgan fingerprint density at radius 3 is 3.00 bits per heavy atom. The van der Waals surface area contributed by atoms with Crippen LogP contribution < -0.4 is 15.6 Å². The van der Waals surface area contributed by atoms with Gasteiger partial charge in [0.2, 0.25) is 5.91 Å². The fourth-order valence-electron chi connectivity index (χ4n) is 4.14. The van der Waals surface area contributed by atoms with E-state index in [-0.39, 0.29) is 23.9 Å². The number of aryl methyl sites for hydroxylation is 1. The standard InChI is InChI=1S/C20H26N4O3/c1-13-10-17(23-27-13)18-8-3-4-9-24(18)20(25)16-12-21-22-19(16)14-6-5-7-15(11-14)26-2/h5-7,10-11,16,18-19,21-22H,3-4,8-9,12H2,1-2H3. The van der Waals surface area contributed by atoms with Crippen molar-refractivity contribution in [2.75, 3.05) is 20.2 Å². The lowest BCUT2D eigenvalue weighted by Gasteiger charge is -2.37. The van der Waals surface area contributed by atoms with E-state index < -0.39 is 0 Å². The molecule has 144 valence electrons. The summed E-state index contributed by atoms with van der Waals surface area (Å²) in [6, 6.07) is 9.74. The van der Waals surface area contributed by atoms with Crippen molar-refractivity contribution in [3.05, 3.63) is 47.3 Å². The van der Waals surface area contributed by atoms with Gasteiger partial charge in [0.25, 0.3) is 0 Å². The third-order valence-corrected chi connectivity index (χ3v) is 5.53. The number of likely N-dealkylation sites (tertiary alicyclic amines) is 1. The van der Waals surface area contributed by atoms with Crippen molar-refractivity contribution in [2.24, 2.45) is 5.92 Å². The number of methoxy groups -OCH3 is 1. The van der Waals surface area contributed by atoms with Crippen LogP contribution >= 0.6 is 0 Å². The number of piperidine rings is 1. The fourth-order valence-corrected chi connectivity index (χ4v) is 4.14. The molecule has 2 N–H and O–H groups in total. The Hall–Kier alpha value is -2.38. The van der Waals surface area contributed by atoms with Crippen LogP contribution in [-0.4, -0.2) is 36.2 Å². The van der Waals surface area contributed by atoms with E-state index >= 15 is 0 Å². The van der Waals surface area contributed by atoms with Crippen LogP contribution in [0.1, 0.15) is 48.4 Å². The molecule has 2 aromatic rings. The summed E-state index contributed by atoms with van der Waals surface area (Å²) < 4.78 is 10.6. The highest BCUT2D eigenvalue weighted by atomic mass is 16.5. The van der Waals surface area contributed by atoms with E-state index in [0.29, 0.717) is 6.54 Å². The molecule has 0 aliphatic carbocycles. The van der Waals surface area contributed by atoms with Crippen LogP contribution in [0.5, 0.6) is 5.75 Å². The van der Waals surface area contributed by atoms with Crippen LogP contribution in [0, 0.1) is 12.8 Å². The fraction of sp³-hybridized carbons (Fsp3) is 0.500. The van der Waals surface area contributed by atoms with Gasteiger partial charge in [-0.2, -0.15) is 0 Å². The molecule has 2 aliphatic heterocycles. The molecule has 1 amide bonds. The van der Waals surface area contributed by atoms with Crippen LogP contribution in [0.25, 0.3) is 0 Å². The van der Waals surface area contributed by atoms with Gasteiger partial charge in [0.05, 0.1) is 25.1 Å². The van der Waals surface area contributed by atoms with Gasteiger partial charge in [0.15, 0.2) is 0 Å². The Labute approximate surface area is 159 Å². The van der Waals surface area contributed by atoms with Gasteiger partial charge in [-0.15, -0.1) is 0 Å². The minimum atomic E-state index is -0.175. The van der Waals surface area contributed by atoms with Gasteiger partial charge >= 0.3 is 0 Å². The van der Waals surface area contributed by atoms with Crippen molar-refractivity contribution in [2.45, 2.75) is 38.3 Å². The van der Waals surface area contributed by atoms with Crippen LogP contribution in [0.4, 0.5) is 0 Å². The Bertz CT molecular complexity index is 806. The summed E-state index contributed by atoms with van der Waals surface area (Å²) in [6.45, 7) is 3.24. The first-order chi connectivity index (χ1) is 13.2. The zero-order valence-corrected chi connectivity index (χ0v) is 15.8. The van der Waals surface area contributed by atoms with E-state index in [1.807, 2.05) is 42.2 Å². The molecular formula is C20H26N4O3. The van der Waals surface area contributed by atoms with Crippen molar-refractivity contribution < 1.29 is 14.1 Å². The molecule has 1 aromatic carbocycles. The molecule has 3 atom stereocenters. The molecule has 4 rings (SSSR count). The SMILES string of the molecule is COc1cccc(C2NNCC2C(=O)N2CCCCC2c2cc(C)on2)c1. The predicted octanol–water partition coefficient (Wildman–Crippen LogP) is 2.51. The molecule has 3 unspecified atom stereocenters. The summed E-state index contributed by atoms with van der Waals surface area (Å²) >= 11 is 0. The summed E-state index contributed by atoms with van der Waals surface area (Å²) in [5.41, 5.74) is 8.33. The predicted molar refractivity (Wildman–Crippen MR) is 99.9 cm³/mol. The van der Waals surface area contributed by atoms with Crippen LogP contribution in [0.15, 0.2) is 34.9 Å². The molecule has 2 saturated heterocycles. The van der Waals surface area contributed by atoms with E-state index in [9.17, 15) is 4.79 Å². The monoisotopic (exact) mass is 370 g/mol. The quantitative estimate of drug-likeness (QED) is 0.861. The molecule has 0 radical (unpaired) electrons. The number of benzene rings is 1. The minimum Gasteiger partial charge on any atom is -0.497 e. The van der Waals surface area contributed by atoms with Gasteiger partial charge in [0, 0.05) is 19.2 Å². The second kappa shape index (κ2) is 7.70. The van der Waals surface area contributed by atoms with Gasteiger partial charge < -0.3 is 14.2 Å². The van der Waals surface area contributed by atoms with Crippen molar-refractivity contribution in [1.82, 2.24) is 20.9 Å². The van der Waals surface area contributed by atoms with Gasteiger partial charge in [-0.3, -0.25) is 10.2 Å². The number of hydrogen-bond acceptors (Lipinski definition) is 6. The van der Waals surface area contributed by atoms with Crippen molar-refractivity contribution in [3.63, 3.8) is 0 Å². The van der Waals surface area contributed by atoms with Crippen molar-refractivity contribution in [3.8, 4) is 5.75 Å². The highest BCUT2D eigenvalue weighted by Crippen LogP contribution is 2.35. The topological polar surface area (TPSA) is 79.6 Å². The molecule has 0 bridgehead atoms. The zero-order valence-electron chi connectivity index (χ0n) is 15.8. The van der Waals surface area contributed by atoms with E-state index in [2.05, 4.69) is 16.0 Å². The second-order valence-corrected chi connectivity index (χ2v) is 7.29. The van der Waals surface area contributed by atoms with E-state index in [1.165, 1.54) is 0 Å². The summed E-state index contributed by atoms with van der Waals surface area (Å²) in [7, 11) is 1.65. The summed E-state index contributed by atoms with van der Waals surface area (Å²) in [4.78, 5) is 15.5. The molecule has 3 heterocycles. The normalized spacial score (nSPS) is 25.6.